The van der Waals surface area contributed by atoms with E-state index in [2.05, 4.69) is 0 Å². The summed E-state index contributed by atoms with van der Waals surface area (Å²) in [5, 5.41) is 1.82. The lowest BCUT2D eigenvalue weighted by molar-refractivity contribution is -0.137. The van der Waals surface area contributed by atoms with Gasteiger partial charge in [-0.25, -0.2) is 9.59 Å². The molecule has 7 nitrogen and oxygen atoms in total. The number of thioether (sulfide) groups is 1. The predicted octanol–water partition coefficient (Wildman–Crippen LogP) is 1.54. The van der Waals surface area contributed by atoms with Crippen molar-refractivity contribution in [2.24, 2.45) is 5.73 Å². The molecular weight excluding hydrogens is 364 g/mol. The first-order valence-electron chi connectivity index (χ1n) is 7.36. The molecule has 132 valence electrons. The van der Waals surface area contributed by atoms with E-state index in [0.29, 0.717) is 5.03 Å². The highest BCUT2D eigenvalue weighted by atomic mass is 32.2. The standard InChI is InChI=1S/C16H16N2O5S2/c1-7-13(19)18-12(17)10(15(20)22-2)9(8-5-4-6-24-8)11(14(18)25-7)16(21)23-3/h4-7,9H,17H2,1-3H3/t7-,9-/m1/s1. The second kappa shape index (κ2) is 6.57. The van der Waals surface area contributed by atoms with E-state index < -0.39 is 23.1 Å². The van der Waals surface area contributed by atoms with Crippen molar-refractivity contribution < 1.29 is 23.9 Å². The Morgan fingerprint density at radius 1 is 1.20 bits per heavy atom. The summed E-state index contributed by atoms with van der Waals surface area (Å²) in [4.78, 5) is 39.5. The summed E-state index contributed by atoms with van der Waals surface area (Å²) in [6.45, 7) is 1.72. The number of ether oxygens (including phenoxy) is 2. The van der Waals surface area contributed by atoms with Crippen LogP contribution in [0.1, 0.15) is 17.7 Å². The Balaban J connectivity index is 2.31. The largest absolute Gasteiger partial charge is 0.466 e. The predicted molar refractivity (Wildman–Crippen MR) is 93.2 cm³/mol. The lowest BCUT2D eigenvalue weighted by Crippen LogP contribution is -2.39. The highest BCUT2D eigenvalue weighted by Crippen LogP contribution is 2.50. The molecule has 0 aromatic carbocycles. The summed E-state index contributed by atoms with van der Waals surface area (Å²) in [5.74, 6) is -2.33. The Morgan fingerprint density at radius 2 is 1.84 bits per heavy atom. The maximum atomic E-state index is 12.5. The molecule has 2 atom stereocenters. The number of nitrogens with zero attached hydrogens (tertiary/aromatic N) is 1. The summed E-state index contributed by atoms with van der Waals surface area (Å²) in [6.07, 6.45) is 0. The Labute approximate surface area is 152 Å². The van der Waals surface area contributed by atoms with E-state index in [1.54, 1.807) is 13.0 Å². The van der Waals surface area contributed by atoms with E-state index in [1.165, 1.54) is 42.2 Å². The van der Waals surface area contributed by atoms with Gasteiger partial charge in [-0.1, -0.05) is 17.8 Å². The van der Waals surface area contributed by atoms with Crippen LogP contribution in [0.5, 0.6) is 0 Å². The number of nitrogens with two attached hydrogens (primary N) is 1. The van der Waals surface area contributed by atoms with E-state index >= 15 is 0 Å². The Morgan fingerprint density at radius 3 is 2.40 bits per heavy atom. The number of carbonyl (C=O) groups excluding carboxylic acids is 3. The molecule has 0 spiro atoms. The first-order valence-corrected chi connectivity index (χ1v) is 9.12. The monoisotopic (exact) mass is 380 g/mol. The van der Waals surface area contributed by atoms with Crippen LogP contribution in [0.25, 0.3) is 0 Å². The fourth-order valence-corrected chi connectivity index (χ4v) is 4.89. The van der Waals surface area contributed by atoms with Gasteiger partial charge in [0.05, 0.1) is 41.6 Å². The van der Waals surface area contributed by atoms with Crippen LogP contribution in [-0.4, -0.2) is 42.2 Å². The van der Waals surface area contributed by atoms with Crippen LogP contribution in [0.3, 0.4) is 0 Å². The van der Waals surface area contributed by atoms with Crippen LogP contribution in [0.2, 0.25) is 0 Å². The maximum Gasteiger partial charge on any atom is 0.338 e. The van der Waals surface area contributed by atoms with Crippen molar-refractivity contribution in [3.05, 3.63) is 44.4 Å². The number of carbonyl (C=O) groups is 3. The number of hydrogen-bond donors (Lipinski definition) is 1. The van der Waals surface area contributed by atoms with Crippen molar-refractivity contribution in [1.29, 1.82) is 0 Å². The number of rotatable bonds is 3. The molecule has 2 N–H and O–H groups in total. The number of hydrogen-bond acceptors (Lipinski definition) is 8. The summed E-state index contributed by atoms with van der Waals surface area (Å²) >= 11 is 2.61. The van der Waals surface area contributed by atoms with E-state index in [4.69, 9.17) is 15.2 Å². The third-order valence-corrected chi connectivity index (χ3v) is 6.14. The van der Waals surface area contributed by atoms with Crippen molar-refractivity contribution in [1.82, 2.24) is 4.90 Å². The quantitative estimate of drug-likeness (QED) is 0.794. The molecule has 1 amide bonds. The van der Waals surface area contributed by atoms with Gasteiger partial charge in [0.1, 0.15) is 5.82 Å². The molecular formula is C16H16N2O5S2. The molecule has 3 rings (SSSR count). The SMILES string of the molecule is COC(=O)C1=C(N)N2C(=O)[C@@H](C)SC2=C(C(=O)OC)[C@@H]1c1cccs1. The van der Waals surface area contributed by atoms with Gasteiger partial charge in [-0.05, 0) is 18.4 Å². The second-order valence-corrected chi connectivity index (χ2v) is 7.69. The molecule has 2 aliphatic heterocycles. The lowest BCUT2D eigenvalue weighted by atomic mass is 9.86. The normalized spacial score (nSPS) is 23.0. The highest BCUT2D eigenvalue weighted by molar-refractivity contribution is 8.04. The smallest absolute Gasteiger partial charge is 0.338 e. The first-order chi connectivity index (χ1) is 11.9. The minimum atomic E-state index is -0.739. The van der Waals surface area contributed by atoms with Crippen LogP contribution >= 0.6 is 23.1 Å². The van der Waals surface area contributed by atoms with Gasteiger partial charge in [0.15, 0.2) is 0 Å². The fraction of sp³-hybridized carbons (Fsp3) is 0.312. The van der Waals surface area contributed by atoms with E-state index in [1.807, 2.05) is 11.4 Å². The molecule has 0 radical (unpaired) electrons. The third kappa shape index (κ3) is 2.63. The number of esters is 2. The summed E-state index contributed by atoms with van der Waals surface area (Å²) in [5.41, 5.74) is 6.47. The van der Waals surface area contributed by atoms with E-state index in [-0.39, 0.29) is 22.9 Å². The Kier molecular flexibility index (Phi) is 4.61. The van der Waals surface area contributed by atoms with Crippen LogP contribution in [0.4, 0.5) is 0 Å². The van der Waals surface area contributed by atoms with Crippen LogP contribution in [0, 0.1) is 0 Å². The van der Waals surface area contributed by atoms with E-state index in [0.717, 1.165) is 4.88 Å². The van der Waals surface area contributed by atoms with Crippen molar-refractivity contribution in [2.75, 3.05) is 14.2 Å². The molecule has 1 fully saturated rings. The van der Waals surface area contributed by atoms with Crippen molar-refractivity contribution >= 4 is 40.9 Å². The fourth-order valence-electron chi connectivity index (χ4n) is 2.89. The molecule has 3 heterocycles. The van der Waals surface area contributed by atoms with Gasteiger partial charge in [-0.2, -0.15) is 0 Å². The number of fused-ring (bicyclic) bond motifs is 1. The molecule has 1 aromatic heterocycles. The zero-order chi connectivity index (χ0) is 18.3. The number of thiophene rings is 1. The molecule has 0 unspecified atom stereocenters. The summed E-state index contributed by atoms with van der Waals surface area (Å²) < 4.78 is 9.80. The van der Waals surface area contributed by atoms with Crippen LogP contribution < -0.4 is 5.73 Å². The minimum Gasteiger partial charge on any atom is -0.466 e. The molecule has 0 aliphatic carbocycles. The molecule has 1 saturated heterocycles. The average molecular weight is 380 g/mol. The minimum absolute atomic E-state index is 0.00486. The summed E-state index contributed by atoms with van der Waals surface area (Å²) in [6, 6.07) is 3.61. The number of amides is 1. The number of methoxy groups -OCH3 is 2. The average Bonchev–Trinajstić information content (AvgIpc) is 3.22. The topological polar surface area (TPSA) is 98.9 Å². The van der Waals surface area contributed by atoms with Crippen molar-refractivity contribution in [2.45, 2.75) is 18.1 Å². The van der Waals surface area contributed by atoms with Gasteiger partial charge in [-0.15, -0.1) is 11.3 Å². The van der Waals surface area contributed by atoms with Crippen molar-refractivity contribution in [3.63, 3.8) is 0 Å². The van der Waals surface area contributed by atoms with Crippen LogP contribution in [0.15, 0.2) is 39.5 Å². The molecule has 2 aliphatic rings. The zero-order valence-electron chi connectivity index (χ0n) is 13.8. The third-order valence-electron chi connectivity index (χ3n) is 4.02. The van der Waals surface area contributed by atoms with Gasteiger partial charge in [0.2, 0.25) is 5.91 Å². The van der Waals surface area contributed by atoms with Gasteiger partial charge in [0.25, 0.3) is 0 Å². The zero-order valence-corrected chi connectivity index (χ0v) is 15.4. The van der Waals surface area contributed by atoms with Gasteiger partial charge in [-0.3, -0.25) is 9.69 Å². The Bertz CT molecular complexity index is 813. The molecule has 1 aromatic rings. The maximum absolute atomic E-state index is 12.5. The Hall–Kier alpha value is -2.26. The molecule has 0 saturated carbocycles. The highest BCUT2D eigenvalue weighted by Gasteiger charge is 2.49. The van der Waals surface area contributed by atoms with Crippen LogP contribution in [-0.2, 0) is 23.9 Å². The van der Waals surface area contributed by atoms with Crippen molar-refractivity contribution in [3.8, 4) is 0 Å². The molecule has 0 bridgehead atoms. The van der Waals surface area contributed by atoms with Gasteiger partial charge >= 0.3 is 11.9 Å². The van der Waals surface area contributed by atoms with Gasteiger partial charge < -0.3 is 15.2 Å². The second-order valence-electron chi connectivity index (χ2n) is 5.38. The lowest BCUT2D eigenvalue weighted by Gasteiger charge is -2.32. The van der Waals surface area contributed by atoms with E-state index in [9.17, 15) is 14.4 Å². The summed E-state index contributed by atoms with van der Waals surface area (Å²) in [7, 11) is 2.49. The molecule has 9 heteroatoms. The van der Waals surface area contributed by atoms with Gasteiger partial charge in [0, 0.05) is 4.88 Å². The molecule has 25 heavy (non-hydrogen) atoms. The first kappa shape index (κ1) is 17.6.